The summed E-state index contributed by atoms with van der Waals surface area (Å²) in [5.74, 6) is -0.120. The Labute approximate surface area is 192 Å². The number of hydrogen-bond acceptors (Lipinski definition) is 7. The first-order valence-electron chi connectivity index (χ1n) is 10.6. The van der Waals surface area contributed by atoms with E-state index in [2.05, 4.69) is 25.3 Å². The number of alkyl halides is 1. The number of benzene rings is 1. The molecule has 1 aliphatic rings. The van der Waals surface area contributed by atoms with Gasteiger partial charge in [-0.25, -0.2) is 18.7 Å². The highest BCUT2D eigenvalue weighted by Gasteiger charge is 2.32. The van der Waals surface area contributed by atoms with E-state index in [1.807, 2.05) is 11.9 Å². The zero-order valence-electron chi connectivity index (χ0n) is 18.1. The summed E-state index contributed by atoms with van der Waals surface area (Å²) in [6.45, 7) is -0.381. The molecule has 174 valence electrons. The Morgan fingerprint density at radius 3 is 2.85 bits per heavy atom. The molecule has 0 amide bonds. The molecule has 4 N–H and O–H groups in total. The fourth-order valence-corrected chi connectivity index (χ4v) is 4.73. The fourth-order valence-electron chi connectivity index (χ4n) is 4.51. The zero-order valence-corrected chi connectivity index (χ0v) is 18.8. The third kappa shape index (κ3) is 3.51. The lowest BCUT2D eigenvalue weighted by Crippen LogP contribution is -2.46. The van der Waals surface area contributed by atoms with Crippen molar-refractivity contribution in [3.63, 3.8) is 0 Å². The van der Waals surface area contributed by atoms with Gasteiger partial charge in [-0.1, -0.05) is 11.6 Å². The lowest BCUT2D eigenvalue weighted by atomic mass is 9.89. The molecule has 33 heavy (non-hydrogen) atoms. The second kappa shape index (κ2) is 8.15. The van der Waals surface area contributed by atoms with Gasteiger partial charge < -0.3 is 15.7 Å². The molecule has 1 saturated carbocycles. The number of aliphatic hydroxyl groups excluding tert-OH is 1. The van der Waals surface area contributed by atoms with E-state index >= 15 is 4.39 Å². The van der Waals surface area contributed by atoms with Gasteiger partial charge in [-0.3, -0.25) is 9.78 Å². The maximum atomic E-state index is 15.4. The predicted molar refractivity (Wildman–Crippen MR) is 121 cm³/mol. The standard InChI is InChI=1S/C21H23ClF2N8O/c1-31(9-3-5-11(23)12(25)7-9)21-14(8-33)26-18-17(28-29-20(18)27-21)10-4-6-13-15(16(10)24)19(22)32(2)30-13/h4,6,9,11-12,33H,3,5,7-8,25H2,1-2H3,(H,27,28,29)/t9-,11-,12+/m1/s1. The normalized spacial score (nSPS) is 21.2. The van der Waals surface area contributed by atoms with Gasteiger partial charge in [-0.15, -0.1) is 0 Å². The van der Waals surface area contributed by atoms with Gasteiger partial charge in [0.05, 0.1) is 17.5 Å². The SMILES string of the molecule is CN(c1nc2[nH]nc(-c3ccc4nn(C)c(Cl)c4c3F)c2nc1CO)[C@@H]1CC[C@@H](F)[C@@H](N)C1. The number of aromatic amines is 1. The van der Waals surface area contributed by atoms with Crippen LogP contribution in [0, 0.1) is 5.82 Å². The van der Waals surface area contributed by atoms with Crippen LogP contribution in [0.15, 0.2) is 12.1 Å². The summed E-state index contributed by atoms with van der Waals surface area (Å²) in [6.07, 6.45) is 0.429. The van der Waals surface area contributed by atoms with E-state index < -0.39 is 18.0 Å². The van der Waals surface area contributed by atoms with Gasteiger partial charge in [0, 0.05) is 31.7 Å². The third-order valence-electron chi connectivity index (χ3n) is 6.38. The van der Waals surface area contributed by atoms with E-state index in [9.17, 15) is 9.50 Å². The maximum Gasteiger partial charge on any atom is 0.177 e. The topological polar surface area (TPSA) is 122 Å². The first-order valence-corrected chi connectivity index (χ1v) is 11.0. The number of nitrogens with one attached hydrogen (secondary N) is 1. The van der Waals surface area contributed by atoms with Gasteiger partial charge >= 0.3 is 0 Å². The van der Waals surface area contributed by atoms with Crippen LogP contribution in [-0.4, -0.2) is 60.4 Å². The Morgan fingerprint density at radius 2 is 2.12 bits per heavy atom. The largest absolute Gasteiger partial charge is 0.390 e. The number of aryl methyl sites for hydroxylation is 1. The van der Waals surface area contributed by atoms with Crippen molar-refractivity contribution in [2.45, 2.75) is 44.1 Å². The number of halogens is 3. The minimum absolute atomic E-state index is 0.0426. The number of H-pyrrole nitrogens is 1. The van der Waals surface area contributed by atoms with Crippen molar-refractivity contribution in [3.05, 3.63) is 28.8 Å². The molecular weight excluding hydrogens is 454 g/mol. The molecule has 3 atom stereocenters. The number of aliphatic hydroxyl groups is 1. The van der Waals surface area contributed by atoms with Gasteiger partial charge in [0.25, 0.3) is 0 Å². The van der Waals surface area contributed by atoms with Crippen molar-refractivity contribution in [3.8, 4) is 11.3 Å². The van der Waals surface area contributed by atoms with Crippen molar-refractivity contribution in [2.75, 3.05) is 11.9 Å². The smallest absolute Gasteiger partial charge is 0.177 e. The highest BCUT2D eigenvalue weighted by molar-refractivity contribution is 6.34. The van der Waals surface area contributed by atoms with Crippen LogP contribution >= 0.6 is 11.6 Å². The molecule has 3 heterocycles. The highest BCUT2D eigenvalue weighted by Crippen LogP contribution is 2.35. The number of aromatic nitrogens is 6. The van der Waals surface area contributed by atoms with Gasteiger partial charge in [-0.05, 0) is 31.4 Å². The molecule has 1 aliphatic carbocycles. The van der Waals surface area contributed by atoms with E-state index in [0.29, 0.717) is 47.5 Å². The minimum atomic E-state index is -1.02. The summed E-state index contributed by atoms with van der Waals surface area (Å²) in [6, 6.07) is 2.64. The minimum Gasteiger partial charge on any atom is -0.390 e. The predicted octanol–water partition coefficient (Wildman–Crippen LogP) is 2.85. The van der Waals surface area contributed by atoms with Crippen LogP contribution in [0.2, 0.25) is 5.15 Å². The van der Waals surface area contributed by atoms with Crippen LogP contribution in [0.25, 0.3) is 33.3 Å². The number of hydrogen-bond donors (Lipinski definition) is 3. The van der Waals surface area contributed by atoms with Crippen molar-refractivity contribution in [1.82, 2.24) is 29.9 Å². The van der Waals surface area contributed by atoms with Crippen molar-refractivity contribution in [1.29, 1.82) is 0 Å². The molecule has 12 heteroatoms. The molecule has 0 radical (unpaired) electrons. The Hall–Kier alpha value is -2.89. The van der Waals surface area contributed by atoms with E-state index in [0.717, 1.165) is 0 Å². The zero-order chi connectivity index (χ0) is 23.4. The molecule has 1 aromatic carbocycles. The van der Waals surface area contributed by atoms with E-state index in [-0.39, 0.29) is 34.4 Å². The van der Waals surface area contributed by atoms with Gasteiger partial charge in [0.1, 0.15) is 34.0 Å². The maximum absolute atomic E-state index is 15.4. The van der Waals surface area contributed by atoms with Crippen LogP contribution in [-0.2, 0) is 13.7 Å². The molecule has 3 aromatic heterocycles. The summed E-state index contributed by atoms with van der Waals surface area (Å²) in [4.78, 5) is 11.0. The first kappa shape index (κ1) is 21.9. The quantitative estimate of drug-likeness (QED) is 0.414. The molecule has 5 rings (SSSR count). The van der Waals surface area contributed by atoms with Crippen molar-refractivity contribution >= 4 is 39.5 Å². The Balaban J connectivity index is 1.58. The molecule has 4 aromatic rings. The number of nitrogens with zero attached hydrogens (tertiary/aromatic N) is 6. The molecule has 0 aliphatic heterocycles. The summed E-state index contributed by atoms with van der Waals surface area (Å²) in [5, 5.41) is 21.6. The molecule has 9 nitrogen and oxygen atoms in total. The molecule has 0 spiro atoms. The van der Waals surface area contributed by atoms with Crippen LogP contribution in [0.1, 0.15) is 25.0 Å². The van der Waals surface area contributed by atoms with Crippen LogP contribution in [0.3, 0.4) is 0 Å². The van der Waals surface area contributed by atoms with Gasteiger partial charge in [-0.2, -0.15) is 10.2 Å². The summed E-state index contributed by atoms with van der Waals surface area (Å²) in [5.41, 5.74) is 7.76. The first-order chi connectivity index (χ1) is 15.8. The number of nitrogens with two attached hydrogens (primary N) is 1. The average Bonchev–Trinajstić information content (AvgIpc) is 3.34. The van der Waals surface area contributed by atoms with Gasteiger partial charge in [0.2, 0.25) is 0 Å². The monoisotopic (exact) mass is 476 g/mol. The third-order valence-corrected chi connectivity index (χ3v) is 6.82. The number of anilines is 1. The Morgan fingerprint density at radius 1 is 1.33 bits per heavy atom. The molecule has 0 unspecified atom stereocenters. The van der Waals surface area contributed by atoms with Crippen LogP contribution in [0.5, 0.6) is 0 Å². The summed E-state index contributed by atoms with van der Waals surface area (Å²) < 4.78 is 30.6. The second-order valence-electron chi connectivity index (χ2n) is 8.41. The number of fused-ring (bicyclic) bond motifs is 2. The number of rotatable bonds is 4. The second-order valence-corrected chi connectivity index (χ2v) is 8.77. The lowest BCUT2D eigenvalue weighted by molar-refractivity contribution is 0.201. The van der Waals surface area contributed by atoms with Crippen LogP contribution < -0.4 is 10.6 Å². The lowest BCUT2D eigenvalue weighted by Gasteiger charge is -2.36. The fraction of sp³-hybridized carbons (Fsp3) is 0.429. The van der Waals surface area contributed by atoms with Crippen molar-refractivity contribution < 1.29 is 13.9 Å². The summed E-state index contributed by atoms with van der Waals surface area (Å²) in [7, 11) is 3.45. The van der Waals surface area contributed by atoms with E-state index in [4.69, 9.17) is 17.3 Å². The molecule has 1 fully saturated rings. The van der Waals surface area contributed by atoms with Crippen molar-refractivity contribution in [2.24, 2.45) is 12.8 Å². The molecule has 0 bridgehead atoms. The highest BCUT2D eigenvalue weighted by atomic mass is 35.5. The summed E-state index contributed by atoms with van der Waals surface area (Å²) >= 11 is 6.23. The van der Waals surface area contributed by atoms with E-state index in [1.54, 1.807) is 19.2 Å². The van der Waals surface area contributed by atoms with E-state index in [1.165, 1.54) is 4.68 Å². The Kier molecular flexibility index (Phi) is 5.42. The molecular formula is C21H23ClF2N8O. The molecule has 0 saturated heterocycles. The van der Waals surface area contributed by atoms with Crippen LogP contribution in [0.4, 0.5) is 14.6 Å². The van der Waals surface area contributed by atoms with Gasteiger partial charge in [0.15, 0.2) is 11.5 Å². The Bertz CT molecular complexity index is 1360. The average molecular weight is 477 g/mol.